The maximum absolute atomic E-state index is 12.2. The second-order valence-corrected chi connectivity index (χ2v) is 5.61. The number of carbonyl (C=O) groups excluding carboxylic acids is 1. The molecule has 4 heteroatoms. The monoisotopic (exact) mass is 309 g/mol. The van der Waals surface area contributed by atoms with E-state index in [2.05, 4.69) is 6.58 Å². The number of aryl methyl sites for hydroxylation is 1. The van der Waals surface area contributed by atoms with Crippen LogP contribution in [0.4, 0.5) is 0 Å². The lowest BCUT2D eigenvalue weighted by atomic mass is 9.93. The van der Waals surface area contributed by atoms with Gasteiger partial charge in [0.15, 0.2) is 5.75 Å². The van der Waals surface area contributed by atoms with E-state index in [1.807, 2.05) is 48.9 Å². The predicted octanol–water partition coefficient (Wildman–Crippen LogP) is 3.86. The van der Waals surface area contributed by atoms with Crippen LogP contribution in [0.1, 0.15) is 21.5 Å². The maximum Gasteiger partial charge on any atom is 0.342 e. The molecule has 1 aromatic heterocycles. The summed E-state index contributed by atoms with van der Waals surface area (Å²) >= 11 is 0. The van der Waals surface area contributed by atoms with Crippen LogP contribution in [0.15, 0.2) is 36.9 Å². The van der Waals surface area contributed by atoms with Gasteiger partial charge in [0.25, 0.3) is 0 Å². The summed E-state index contributed by atoms with van der Waals surface area (Å²) in [5.41, 5.74) is 3.60. The number of aromatic nitrogens is 1. The molecule has 1 N–H and O–H groups in total. The molecule has 0 saturated carbocycles. The fourth-order valence-corrected chi connectivity index (χ4v) is 3.36. The van der Waals surface area contributed by atoms with E-state index in [0.717, 1.165) is 27.4 Å². The molecule has 0 spiro atoms. The van der Waals surface area contributed by atoms with E-state index in [-0.39, 0.29) is 11.3 Å². The lowest BCUT2D eigenvalue weighted by molar-refractivity contribution is 0.0596. The normalized spacial score (nSPS) is 11.1. The van der Waals surface area contributed by atoms with Crippen molar-refractivity contribution < 1.29 is 14.6 Å². The third-order valence-electron chi connectivity index (χ3n) is 4.44. The van der Waals surface area contributed by atoms with Crippen LogP contribution >= 0.6 is 0 Å². The minimum atomic E-state index is -0.530. The molecule has 0 atom stereocenters. The van der Waals surface area contributed by atoms with Gasteiger partial charge in [-0.1, -0.05) is 24.3 Å². The molecule has 3 rings (SSSR count). The molecule has 0 aliphatic rings. The highest BCUT2D eigenvalue weighted by atomic mass is 16.5. The SMILES string of the molecule is C=CCc1c(C)c(C(=O)OC)c(O)c2c1c1ccccc1n2C. The molecule has 2 aromatic carbocycles. The first-order chi connectivity index (χ1) is 11.0. The first-order valence-electron chi connectivity index (χ1n) is 7.43. The van der Waals surface area contributed by atoms with Gasteiger partial charge >= 0.3 is 5.97 Å². The Morgan fingerprint density at radius 2 is 2.09 bits per heavy atom. The van der Waals surface area contributed by atoms with Crippen molar-refractivity contribution in [2.45, 2.75) is 13.3 Å². The second-order valence-electron chi connectivity index (χ2n) is 5.61. The van der Waals surface area contributed by atoms with Crippen LogP contribution in [0.25, 0.3) is 21.8 Å². The molecule has 0 amide bonds. The number of benzene rings is 2. The molecule has 0 unspecified atom stereocenters. The molecular formula is C19H19NO3. The number of rotatable bonds is 3. The van der Waals surface area contributed by atoms with Crippen LogP contribution in [0.2, 0.25) is 0 Å². The third kappa shape index (κ3) is 2.02. The number of carbonyl (C=O) groups is 1. The van der Waals surface area contributed by atoms with E-state index in [1.165, 1.54) is 7.11 Å². The fraction of sp³-hybridized carbons (Fsp3) is 0.211. The van der Waals surface area contributed by atoms with Crippen LogP contribution in [0.5, 0.6) is 5.75 Å². The zero-order valence-corrected chi connectivity index (χ0v) is 13.5. The number of hydrogen-bond donors (Lipinski definition) is 1. The maximum atomic E-state index is 12.2. The number of para-hydroxylation sites is 1. The van der Waals surface area contributed by atoms with Gasteiger partial charge in [-0.3, -0.25) is 0 Å². The second kappa shape index (κ2) is 5.47. The van der Waals surface area contributed by atoms with Gasteiger partial charge in [-0.2, -0.15) is 0 Å². The Labute approximate surface area is 134 Å². The van der Waals surface area contributed by atoms with Gasteiger partial charge in [-0.15, -0.1) is 6.58 Å². The summed E-state index contributed by atoms with van der Waals surface area (Å²) in [6.45, 7) is 5.66. The van der Waals surface area contributed by atoms with Gasteiger partial charge in [0, 0.05) is 23.3 Å². The average molecular weight is 309 g/mol. The summed E-state index contributed by atoms with van der Waals surface area (Å²) in [7, 11) is 3.21. The summed E-state index contributed by atoms with van der Waals surface area (Å²) in [4.78, 5) is 12.2. The minimum absolute atomic E-state index is 0.0316. The zero-order chi connectivity index (χ0) is 16.7. The highest BCUT2D eigenvalue weighted by molar-refractivity contribution is 6.15. The molecule has 0 saturated heterocycles. The molecule has 0 fully saturated rings. The first kappa shape index (κ1) is 15.2. The molecule has 1 heterocycles. The Bertz CT molecular complexity index is 951. The molecule has 0 radical (unpaired) electrons. The van der Waals surface area contributed by atoms with Gasteiger partial charge < -0.3 is 14.4 Å². The third-order valence-corrected chi connectivity index (χ3v) is 4.44. The van der Waals surface area contributed by atoms with Crippen molar-refractivity contribution in [2.24, 2.45) is 7.05 Å². The number of fused-ring (bicyclic) bond motifs is 3. The molecule has 3 aromatic rings. The van der Waals surface area contributed by atoms with Crippen LogP contribution < -0.4 is 0 Å². The molecule has 0 aliphatic heterocycles. The van der Waals surface area contributed by atoms with Crippen molar-refractivity contribution in [3.63, 3.8) is 0 Å². The van der Waals surface area contributed by atoms with Crippen molar-refractivity contribution in [3.8, 4) is 5.75 Å². The number of aromatic hydroxyl groups is 1. The quantitative estimate of drug-likeness (QED) is 0.590. The van der Waals surface area contributed by atoms with E-state index in [0.29, 0.717) is 11.9 Å². The summed E-state index contributed by atoms with van der Waals surface area (Å²) in [5.74, 6) is -0.562. The summed E-state index contributed by atoms with van der Waals surface area (Å²) < 4.78 is 6.78. The van der Waals surface area contributed by atoms with Crippen molar-refractivity contribution in [1.82, 2.24) is 4.57 Å². The van der Waals surface area contributed by atoms with E-state index >= 15 is 0 Å². The molecular weight excluding hydrogens is 290 g/mol. The first-order valence-corrected chi connectivity index (χ1v) is 7.43. The number of nitrogens with zero attached hydrogens (tertiary/aromatic N) is 1. The van der Waals surface area contributed by atoms with E-state index < -0.39 is 5.97 Å². The van der Waals surface area contributed by atoms with Gasteiger partial charge in [-0.05, 0) is 30.5 Å². The number of methoxy groups -OCH3 is 1. The Hall–Kier alpha value is -2.75. The number of hydrogen-bond acceptors (Lipinski definition) is 3. The number of phenolic OH excluding ortho intramolecular Hbond substituents is 1. The van der Waals surface area contributed by atoms with Gasteiger partial charge in [0.05, 0.1) is 12.6 Å². The van der Waals surface area contributed by atoms with E-state index in [4.69, 9.17) is 4.74 Å². The Balaban J connectivity index is 2.61. The molecule has 4 nitrogen and oxygen atoms in total. The Kier molecular flexibility index (Phi) is 3.60. The molecule has 118 valence electrons. The van der Waals surface area contributed by atoms with E-state index in [1.54, 1.807) is 0 Å². The smallest absolute Gasteiger partial charge is 0.342 e. The van der Waals surface area contributed by atoms with Crippen LogP contribution in [0.3, 0.4) is 0 Å². The van der Waals surface area contributed by atoms with Crippen molar-refractivity contribution in [3.05, 3.63) is 53.6 Å². The molecule has 0 aliphatic carbocycles. The van der Waals surface area contributed by atoms with Crippen LogP contribution in [0, 0.1) is 6.92 Å². The highest BCUT2D eigenvalue weighted by Crippen LogP contribution is 2.41. The average Bonchev–Trinajstić information content (AvgIpc) is 2.85. The van der Waals surface area contributed by atoms with Gasteiger partial charge in [0.1, 0.15) is 5.56 Å². The van der Waals surface area contributed by atoms with Gasteiger partial charge in [-0.25, -0.2) is 4.79 Å². The lowest BCUT2D eigenvalue weighted by Gasteiger charge is -2.14. The van der Waals surface area contributed by atoms with E-state index in [9.17, 15) is 9.90 Å². The standard InChI is InChI=1S/C19H19NO3/c1-5-8-12-11(2)15(19(22)23-4)18(21)17-16(12)13-9-6-7-10-14(13)20(17)3/h5-7,9-10,21H,1,8H2,2-4H3. The van der Waals surface area contributed by atoms with Crippen LogP contribution in [-0.4, -0.2) is 22.8 Å². The highest BCUT2D eigenvalue weighted by Gasteiger charge is 2.25. The van der Waals surface area contributed by atoms with Crippen molar-refractivity contribution in [2.75, 3.05) is 7.11 Å². The molecule has 0 bridgehead atoms. The summed E-state index contributed by atoms with van der Waals surface area (Å²) in [6, 6.07) is 7.96. The summed E-state index contributed by atoms with van der Waals surface area (Å²) in [6.07, 6.45) is 2.42. The van der Waals surface area contributed by atoms with Crippen LogP contribution in [-0.2, 0) is 18.2 Å². The predicted molar refractivity (Wildman–Crippen MR) is 92.1 cm³/mol. The number of ether oxygens (including phenoxy) is 1. The largest absolute Gasteiger partial charge is 0.505 e. The van der Waals surface area contributed by atoms with Crippen molar-refractivity contribution >= 4 is 27.8 Å². The number of allylic oxidation sites excluding steroid dienone is 1. The minimum Gasteiger partial charge on any atom is -0.505 e. The van der Waals surface area contributed by atoms with Gasteiger partial charge in [0.2, 0.25) is 0 Å². The Morgan fingerprint density at radius 1 is 1.39 bits per heavy atom. The number of phenols is 1. The number of esters is 1. The molecule has 23 heavy (non-hydrogen) atoms. The Morgan fingerprint density at radius 3 is 2.74 bits per heavy atom. The topological polar surface area (TPSA) is 51.5 Å². The zero-order valence-electron chi connectivity index (χ0n) is 13.5. The summed E-state index contributed by atoms with van der Waals surface area (Å²) in [5, 5.41) is 12.8. The fourth-order valence-electron chi connectivity index (χ4n) is 3.36. The van der Waals surface area contributed by atoms with Crippen molar-refractivity contribution in [1.29, 1.82) is 0 Å². The lowest BCUT2D eigenvalue weighted by Crippen LogP contribution is -2.08.